The molecule has 0 aliphatic rings. The summed E-state index contributed by atoms with van der Waals surface area (Å²) in [4.78, 5) is 0. The molecule has 0 bridgehead atoms. The second kappa shape index (κ2) is 4.24. The first-order valence-corrected chi connectivity index (χ1v) is 5.84. The normalized spacial score (nSPS) is 10.9. The quantitative estimate of drug-likeness (QED) is 0.616. The molecule has 96 valence electrons. The van der Waals surface area contributed by atoms with Gasteiger partial charge in [0, 0.05) is 17.9 Å². The Morgan fingerprint density at radius 1 is 0.842 bits per heavy atom. The van der Waals surface area contributed by atoms with E-state index in [0.717, 1.165) is 16.7 Å². The first kappa shape index (κ1) is 11.5. The highest BCUT2D eigenvalue weighted by molar-refractivity contribution is 5.81. The number of phenolic OH excluding ortho intramolecular Hbond substituents is 3. The van der Waals surface area contributed by atoms with Gasteiger partial charge in [-0.15, -0.1) is 0 Å². The Hall–Kier alpha value is -2.62. The Bertz CT molecular complexity index is 687. The minimum atomic E-state index is -0.196. The molecule has 2 aromatic carbocycles. The van der Waals surface area contributed by atoms with Gasteiger partial charge in [-0.2, -0.15) is 0 Å². The Balaban J connectivity index is 1.95. The van der Waals surface area contributed by atoms with Crippen LogP contribution in [0.1, 0.15) is 11.3 Å². The fourth-order valence-corrected chi connectivity index (χ4v) is 2.02. The van der Waals surface area contributed by atoms with E-state index >= 15 is 0 Å². The molecule has 3 rings (SSSR count). The number of furan rings is 1. The summed E-state index contributed by atoms with van der Waals surface area (Å²) in [6.07, 6.45) is 0.580. The van der Waals surface area contributed by atoms with Crippen molar-refractivity contribution in [2.45, 2.75) is 6.42 Å². The first-order valence-electron chi connectivity index (χ1n) is 5.84. The molecule has 0 saturated heterocycles. The molecule has 0 fully saturated rings. The number of phenols is 3. The second-order valence-corrected chi connectivity index (χ2v) is 4.43. The van der Waals surface area contributed by atoms with Gasteiger partial charge in [-0.05, 0) is 29.8 Å². The van der Waals surface area contributed by atoms with Gasteiger partial charge < -0.3 is 19.7 Å². The van der Waals surface area contributed by atoms with E-state index in [-0.39, 0.29) is 17.2 Å². The number of aromatic hydroxyl groups is 3. The van der Waals surface area contributed by atoms with Gasteiger partial charge in [-0.1, -0.05) is 12.1 Å². The van der Waals surface area contributed by atoms with Crippen molar-refractivity contribution in [3.05, 3.63) is 53.8 Å². The van der Waals surface area contributed by atoms with Crippen LogP contribution in [-0.2, 0) is 6.42 Å². The molecule has 4 nitrogen and oxygen atoms in total. The maximum Gasteiger partial charge on any atom is 0.161 e. The lowest BCUT2D eigenvalue weighted by atomic mass is 10.1. The zero-order valence-corrected chi connectivity index (χ0v) is 10.00. The molecule has 0 aliphatic carbocycles. The second-order valence-electron chi connectivity index (χ2n) is 4.43. The highest BCUT2D eigenvalue weighted by atomic mass is 16.3. The summed E-state index contributed by atoms with van der Waals surface area (Å²) in [5.41, 5.74) is 1.54. The van der Waals surface area contributed by atoms with Crippen LogP contribution < -0.4 is 0 Å². The van der Waals surface area contributed by atoms with E-state index in [0.29, 0.717) is 12.0 Å². The monoisotopic (exact) mass is 256 g/mol. The van der Waals surface area contributed by atoms with Crippen LogP contribution in [0.2, 0.25) is 0 Å². The lowest BCUT2D eigenvalue weighted by Crippen LogP contribution is -1.83. The van der Waals surface area contributed by atoms with E-state index in [9.17, 15) is 15.3 Å². The Morgan fingerprint density at radius 3 is 2.26 bits per heavy atom. The summed E-state index contributed by atoms with van der Waals surface area (Å²) in [5, 5.41) is 28.8. The van der Waals surface area contributed by atoms with Crippen LogP contribution in [0.5, 0.6) is 17.2 Å². The molecule has 0 radical (unpaired) electrons. The molecule has 1 heterocycles. The van der Waals surface area contributed by atoms with Crippen LogP contribution in [0.15, 0.2) is 46.9 Å². The molecule has 0 unspecified atom stereocenters. The summed E-state index contributed by atoms with van der Waals surface area (Å²) in [7, 11) is 0. The Labute approximate surface area is 109 Å². The van der Waals surface area contributed by atoms with E-state index in [4.69, 9.17) is 4.42 Å². The number of hydrogen-bond donors (Lipinski definition) is 3. The minimum absolute atomic E-state index is 0.163. The molecule has 0 spiro atoms. The maximum absolute atomic E-state index is 9.43. The molecule has 0 aliphatic heterocycles. The molecular weight excluding hydrogens is 244 g/mol. The highest BCUT2D eigenvalue weighted by Gasteiger charge is 2.08. The van der Waals surface area contributed by atoms with Crippen molar-refractivity contribution in [3.63, 3.8) is 0 Å². The number of benzene rings is 2. The van der Waals surface area contributed by atoms with Gasteiger partial charge in [0.1, 0.15) is 17.1 Å². The van der Waals surface area contributed by atoms with Gasteiger partial charge in [0.05, 0.1) is 0 Å². The topological polar surface area (TPSA) is 73.8 Å². The van der Waals surface area contributed by atoms with Gasteiger partial charge in [0.25, 0.3) is 0 Å². The predicted molar refractivity (Wildman–Crippen MR) is 70.5 cm³/mol. The molecule has 0 atom stereocenters. The summed E-state index contributed by atoms with van der Waals surface area (Å²) in [6.45, 7) is 0. The first-order chi connectivity index (χ1) is 9.11. The van der Waals surface area contributed by atoms with Gasteiger partial charge in [-0.3, -0.25) is 0 Å². The van der Waals surface area contributed by atoms with E-state index in [1.165, 1.54) is 12.1 Å². The van der Waals surface area contributed by atoms with E-state index in [1.807, 2.05) is 18.2 Å². The molecule has 3 aromatic rings. The van der Waals surface area contributed by atoms with Crippen LogP contribution in [0.3, 0.4) is 0 Å². The van der Waals surface area contributed by atoms with Crippen LogP contribution in [-0.4, -0.2) is 15.3 Å². The van der Waals surface area contributed by atoms with Crippen molar-refractivity contribution in [3.8, 4) is 17.2 Å². The van der Waals surface area contributed by atoms with Crippen molar-refractivity contribution < 1.29 is 19.7 Å². The summed E-state index contributed by atoms with van der Waals surface area (Å²) in [5.74, 6) is 0.594. The average molecular weight is 256 g/mol. The molecule has 0 amide bonds. The Morgan fingerprint density at radius 2 is 1.53 bits per heavy atom. The van der Waals surface area contributed by atoms with Crippen molar-refractivity contribution in [2.75, 3.05) is 0 Å². The van der Waals surface area contributed by atoms with E-state index < -0.39 is 0 Å². The molecule has 3 N–H and O–H groups in total. The van der Waals surface area contributed by atoms with Crippen LogP contribution in [0.25, 0.3) is 11.0 Å². The van der Waals surface area contributed by atoms with E-state index in [1.54, 1.807) is 12.1 Å². The predicted octanol–water partition coefficient (Wildman–Crippen LogP) is 3.14. The fourth-order valence-electron chi connectivity index (χ4n) is 2.02. The third-order valence-corrected chi connectivity index (χ3v) is 2.98. The van der Waals surface area contributed by atoms with Gasteiger partial charge >= 0.3 is 0 Å². The van der Waals surface area contributed by atoms with Gasteiger partial charge in [-0.25, -0.2) is 0 Å². The molecule has 19 heavy (non-hydrogen) atoms. The molecule has 1 aromatic heterocycles. The molecule has 0 saturated carbocycles. The minimum Gasteiger partial charge on any atom is -0.508 e. The van der Waals surface area contributed by atoms with Crippen molar-refractivity contribution in [1.29, 1.82) is 0 Å². The van der Waals surface area contributed by atoms with Crippen LogP contribution in [0, 0.1) is 0 Å². The maximum atomic E-state index is 9.43. The lowest BCUT2D eigenvalue weighted by Gasteiger charge is -1.98. The molecular formula is C15H12O4. The Kier molecular flexibility index (Phi) is 2.56. The third-order valence-electron chi connectivity index (χ3n) is 2.98. The SMILES string of the molecule is Oc1ccc(Cc2cc3cc(O)c(O)cc3o2)cc1. The number of rotatable bonds is 2. The van der Waals surface area contributed by atoms with Crippen LogP contribution in [0.4, 0.5) is 0 Å². The zero-order chi connectivity index (χ0) is 13.4. The van der Waals surface area contributed by atoms with Gasteiger partial charge in [0.15, 0.2) is 11.5 Å². The number of fused-ring (bicyclic) bond motifs is 1. The fraction of sp³-hybridized carbons (Fsp3) is 0.0667. The molecule has 4 heteroatoms. The summed E-state index contributed by atoms with van der Waals surface area (Å²) >= 11 is 0. The standard InChI is InChI=1S/C15H12O4/c16-11-3-1-9(2-4-11)5-12-6-10-7-13(17)14(18)8-15(10)19-12/h1-4,6-8,16-18H,5H2. The van der Waals surface area contributed by atoms with Gasteiger partial charge in [0.2, 0.25) is 0 Å². The van der Waals surface area contributed by atoms with E-state index in [2.05, 4.69) is 0 Å². The van der Waals surface area contributed by atoms with Crippen molar-refractivity contribution in [1.82, 2.24) is 0 Å². The zero-order valence-electron chi connectivity index (χ0n) is 10.00. The van der Waals surface area contributed by atoms with Crippen molar-refractivity contribution >= 4 is 11.0 Å². The summed E-state index contributed by atoms with van der Waals surface area (Å²) < 4.78 is 5.60. The third kappa shape index (κ3) is 2.20. The van der Waals surface area contributed by atoms with Crippen molar-refractivity contribution in [2.24, 2.45) is 0 Å². The largest absolute Gasteiger partial charge is 0.508 e. The number of hydrogen-bond acceptors (Lipinski definition) is 4. The lowest BCUT2D eigenvalue weighted by molar-refractivity contribution is 0.404. The smallest absolute Gasteiger partial charge is 0.161 e. The highest BCUT2D eigenvalue weighted by Crippen LogP contribution is 2.32. The van der Waals surface area contributed by atoms with Crippen LogP contribution >= 0.6 is 0 Å². The average Bonchev–Trinajstić information content (AvgIpc) is 2.74. The summed E-state index contributed by atoms with van der Waals surface area (Å²) in [6, 6.07) is 11.6.